The Morgan fingerprint density at radius 1 is 1.14 bits per heavy atom. The molecule has 0 radical (unpaired) electrons. The van der Waals surface area contributed by atoms with E-state index in [-0.39, 0.29) is 24.1 Å². The Bertz CT molecular complexity index is 1380. The average molecular weight is 526 g/mol. The summed E-state index contributed by atoms with van der Waals surface area (Å²) in [6.45, 7) is -2.14. The number of nitrogens with zero attached hydrogens (tertiary/aromatic N) is 3. The summed E-state index contributed by atoms with van der Waals surface area (Å²) in [6, 6.07) is 13.4. The van der Waals surface area contributed by atoms with Gasteiger partial charge in [0.25, 0.3) is 0 Å². The van der Waals surface area contributed by atoms with Crippen LogP contribution < -0.4 is 9.64 Å². The molecule has 6 nitrogen and oxygen atoms in total. The molecule has 1 aromatic heterocycles. The topological polar surface area (TPSA) is 71.5 Å². The number of rotatable bonds is 7. The van der Waals surface area contributed by atoms with E-state index in [4.69, 9.17) is 39.9 Å². The van der Waals surface area contributed by atoms with E-state index < -0.39 is 6.56 Å². The zero-order chi connectivity index (χ0) is 26.6. The number of nitriles is 1. The summed E-state index contributed by atoms with van der Waals surface area (Å²) >= 11 is 13.0. The van der Waals surface area contributed by atoms with Gasteiger partial charge in [0.05, 0.1) is 38.1 Å². The van der Waals surface area contributed by atoms with Crippen molar-refractivity contribution < 1.29 is 16.7 Å². The molecule has 1 saturated carbocycles. The van der Waals surface area contributed by atoms with Gasteiger partial charge in [-0.25, -0.2) is 0 Å². The van der Waals surface area contributed by atoms with Crippen molar-refractivity contribution in [1.82, 2.24) is 5.16 Å². The van der Waals surface area contributed by atoms with E-state index in [9.17, 15) is 5.26 Å². The first-order valence-corrected chi connectivity index (χ1v) is 13.0. The second-order valence-electron chi connectivity index (χ2n) is 9.74. The van der Waals surface area contributed by atoms with E-state index in [0.29, 0.717) is 56.8 Å². The molecule has 2 aliphatic heterocycles. The van der Waals surface area contributed by atoms with Gasteiger partial charge in [-0.1, -0.05) is 34.4 Å². The van der Waals surface area contributed by atoms with Crippen molar-refractivity contribution in [3.05, 3.63) is 63.3 Å². The third-order valence-corrected chi connectivity index (χ3v) is 8.12. The molecular weight excluding hydrogens is 497 g/mol. The number of methoxy groups -OCH3 is 1. The van der Waals surface area contributed by atoms with Gasteiger partial charge in [-0.2, -0.15) is 5.26 Å². The van der Waals surface area contributed by atoms with Gasteiger partial charge in [-0.15, -0.1) is 0 Å². The Morgan fingerprint density at radius 3 is 2.50 bits per heavy atom. The monoisotopic (exact) mass is 525 g/mol. The smallest absolute Gasteiger partial charge is 0.145 e. The Labute approximate surface area is 223 Å². The quantitative estimate of drug-likeness (QED) is 0.326. The van der Waals surface area contributed by atoms with Crippen molar-refractivity contribution in [2.24, 2.45) is 0 Å². The summed E-state index contributed by atoms with van der Waals surface area (Å²) in [6.07, 6.45) is 4.92. The van der Waals surface area contributed by atoms with Crippen LogP contribution in [-0.4, -0.2) is 30.5 Å². The number of fused-ring (bicyclic) bond motifs is 2. The second-order valence-corrected chi connectivity index (χ2v) is 10.6. The van der Waals surface area contributed by atoms with Crippen molar-refractivity contribution in [3.63, 3.8) is 0 Å². The lowest BCUT2D eigenvalue weighted by Crippen LogP contribution is -2.45. The largest absolute Gasteiger partial charge is 0.495 e. The summed E-state index contributed by atoms with van der Waals surface area (Å²) < 4.78 is 35.6. The summed E-state index contributed by atoms with van der Waals surface area (Å²) in [7, 11) is 1.57. The molecule has 0 spiro atoms. The van der Waals surface area contributed by atoms with Crippen LogP contribution in [0.25, 0.3) is 11.3 Å². The average Bonchev–Trinajstić information content (AvgIpc) is 3.58. The normalized spacial score (nSPS) is 24.3. The fourth-order valence-corrected chi connectivity index (χ4v) is 6.22. The molecule has 3 fully saturated rings. The summed E-state index contributed by atoms with van der Waals surface area (Å²) in [5.41, 5.74) is 2.57. The molecule has 36 heavy (non-hydrogen) atoms. The molecular formula is C28H27Cl2N3O3. The zero-order valence-corrected chi connectivity index (χ0v) is 21.4. The van der Waals surface area contributed by atoms with E-state index in [1.807, 2.05) is 12.1 Å². The number of aromatic nitrogens is 1. The van der Waals surface area contributed by atoms with Crippen molar-refractivity contribution in [2.45, 2.75) is 69.2 Å². The molecule has 0 amide bonds. The number of hydrogen-bond acceptors (Lipinski definition) is 6. The van der Waals surface area contributed by atoms with Gasteiger partial charge in [0.2, 0.25) is 0 Å². The molecule has 1 unspecified atom stereocenters. The lowest BCUT2D eigenvalue weighted by atomic mass is 9.98. The zero-order valence-electron chi connectivity index (χ0n) is 21.8. The van der Waals surface area contributed by atoms with Crippen LogP contribution in [0.4, 0.5) is 5.69 Å². The third-order valence-electron chi connectivity index (χ3n) is 7.49. The lowest BCUT2D eigenvalue weighted by molar-refractivity contribution is 0.0147. The second kappa shape index (κ2) is 9.63. The van der Waals surface area contributed by atoms with E-state index in [2.05, 4.69) is 16.1 Å². The van der Waals surface area contributed by atoms with Gasteiger partial charge in [-0.05, 0) is 62.8 Å². The maximum atomic E-state index is 9.35. The molecule has 3 aliphatic rings. The first kappa shape index (κ1) is 21.4. The maximum absolute atomic E-state index is 9.35. The van der Waals surface area contributed by atoms with Gasteiger partial charge in [-0.3, -0.25) is 0 Å². The van der Waals surface area contributed by atoms with E-state index in [1.54, 1.807) is 31.4 Å². The molecule has 3 atom stereocenters. The van der Waals surface area contributed by atoms with Crippen molar-refractivity contribution in [2.75, 3.05) is 12.0 Å². The van der Waals surface area contributed by atoms with Crippen LogP contribution >= 0.6 is 23.2 Å². The Kier molecular flexibility index (Phi) is 5.72. The van der Waals surface area contributed by atoms with E-state index in [1.165, 1.54) is 0 Å². The molecule has 0 N–H and O–H groups in total. The van der Waals surface area contributed by atoms with Crippen molar-refractivity contribution in [3.8, 4) is 23.1 Å². The Morgan fingerprint density at radius 2 is 1.86 bits per heavy atom. The predicted molar refractivity (Wildman–Crippen MR) is 139 cm³/mol. The molecule has 2 saturated heterocycles. The molecule has 2 bridgehead atoms. The van der Waals surface area contributed by atoms with Crippen LogP contribution in [0.1, 0.15) is 64.1 Å². The van der Waals surface area contributed by atoms with E-state index in [0.717, 1.165) is 31.4 Å². The first-order valence-electron chi connectivity index (χ1n) is 13.3. The number of ether oxygens (including phenoxy) is 2. The van der Waals surface area contributed by atoms with Gasteiger partial charge in [0.1, 0.15) is 23.3 Å². The van der Waals surface area contributed by atoms with Gasteiger partial charge in [0, 0.05) is 40.9 Å². The minimum absolute atomic E-state index is 0.121. The predicted octanol–water partition coefficient (Wildman–Crippen LogP) is 7.12. The fraction of sp³-hybridized carbons (Fsp3) is 0.429. The SMILES string of the molecule is [2H]C([2H])(OC1C[C@H]2CC[C@@H](C1)N2c1ccc(C#N)c(OC)c1)c1c(-c2c(Cl)cccc2Cl)noc1C1CC1. The van der Waals surface area contributed by atoms with Gasteiger partial charge < -0.3 is 18.9 Å². The maximum Gasteiger partial charge on any atom is 0.145 e. The third kappa shape index (κ3) is 4.24. The molecule has 3 heterocycles. The van der Waals surface area contributed by atoms with E-state index >= 15 is 0 Å². The van der Waals surface area contributed by atoms with Crippen molar-refractivity contribution in [1.29, 1.82) is 5.26 Å². The number of hydrogen-bond donors (Lipinski definition) is 0. The first-order chi connectivity index (χ1) is 18.3. The van der Waals surface area contributed by atoms with Crippen LogP contribution in [0.5, 0.6) is 5.75 Å². The number of anilines is 1. The standard InChI is InChI=1S/C28H27Cl2N3O3/c1-34-25-13-20(8-7-17(25)14-31)33-18-9-10-19(33)12-21(11-18)35-15-22-27(32-36-28(22)16-5-6-16)26-23(29)3-2-4-24(26)30/h2-4,7-8,13,16,18-19,21H,5-6,9-12,15H2,1H3/t18-,19+,21?/i15D2. The Hall–Kier alpha value is -2.72. The molecule has 3 aromatic rings. The highest BCUT2D eigenvalue weighted by Gasteiger charge is 2.42. The van der Waals surface area contributed by atoms with Crippen LogP contribution in [0.3, 0.4) is 0 Å². The summed E-state index contributed by atoms with van der Waals surface area (Å²) in [4.78, 5) is 2.38. The highest BCUT2D eigenvalue weighted by Crippen LogP contribution is 2.47. The summed E-state index contributed by atoms with van der Waals surface area (Å²) in [5, 5.41) is 14.4. The minimum atomic E-state index is -2.14. The Balaban J connectivity index is 1.27. The highest BCUT2D eigenvalue weighted by atomic mass is 35.5. The molecule has 6 rings (SSSR count). The van der Waals surface area contributed by atoms with Crippen LogP contribution in [0, 0.1) is 11.3 Å². The minimum Gasteiger partial charge on any atom is -0.495 e. The molecule has 2 aromatic carbocycles. The summed E-state index contributed by atoms with van der Waals surface area (Å²) in [5.74, 6) is 1.20. The number of benzene rings is 2. The molecule has 186 valence electrons. The lowest BCUT2D eigenvalue weighted by Gasteiger charge is -2.40. The highest BCUT2D eigenvalue weighted by molar-refractivity contribution is 6.39. The van der Waals surface area contributed by atoms with Gasteiger partial charge in [0.15, 0.2) is 0 Å². The van der Waals surface area contributed by atoms with Crippen LogP contribution in [0.2, 0.25) is 10.0 Å². The van der Waals surface area contributed by atoms with Crippen molar-refractivity contribution >= 4 is 28.9 Å². The molecule has 8 heteroatoms. The number of halogens is 2. The van der Waals surface area contributed by atoms with Crippen LogP contribution in [0.15, 0.2) is 40.9 Å². The van der Waals surface area contributed by atoms with Crippen LogP contribution in [-0.2, 0) is 11.3 Å². The van der Waals surface area contributed by atoms with Gasteiger partial charge >= 0.3 is 0 Å². The molecule has 1 aliphatic carbocycles. The number of piperidine rings is 1. The fourth-order valence-electron chi connectivity index (χ4n) is 5.64.